The minimum Gasteiger partial charge on any atom is -0.337 e. The summed E-state index contributed by atoms with van der Waals surface area (Å²) in [6.07, 6.45) is 5.72. The van der Waals surface area contributed by atoms with Gasteiger partial charge in [-0.3, -0.25) is 9.78 Å². The van der Waals surface area contributed by atoms with E-state index in [9.17, 15) is 4.79 Å². The second-order valence-corrected chi connectivity index (χ2v) is 6.34. The highest BCUT2D eigenvalue weighted by molar-refractivity contribution is 6.06. The number of carbonyl (C=O) groups excluding carboxylic acids is 1. The molecule has 0 aromatic carbocycles. The molecule has 0 bridgehead atoms. The van der Waals surface area contributed by atoms with Gasteiger partial charge < -0.3 is 9.42 Å². The molecular weight excluding hydrogens is 304 g/mol. The first-order valence-corrected chi connectivity index (χ1v) is 8.05. The van der Waals surface area contributed by atoms with Gasteiger partial charge in [-0.05, 0) is 37.5 Å². The Morgan fingerprint density at radius 2 is 2.25 bits per heavy atom. The number of carbonyl (C=O) groups is 1. The predicted octanol–water partition coefficient (Wildman–Crippen LogP) is 3.08. The summed E-state index contributed by atoms with van der Waals surface area (Å²) in [6, 6.07) is 5.74. The van der Waals surface area contributed by atoms with Crippen molar-refractivity contribution >= 4 is 17.0 Å². The number of aromatic nitrogens is 3. The van der Waals surface area contributed by atoms with Crippen LogP contribution in [0.25, 0.3) is 11.1 Å². The minimum atomic E-state index is -0.0561. The first-order valence-electron chi connectivity index (χ1n) is 8.05. The molecular formula is C18H18N4O2. The van der Waals surface area contributed by atoms with Crippen molar-refractivity contribution in [3.8, 4) is 0 Å². The lowest BCUT2D eigenvalue weighted by Gasteiger charge is -2.18. The molecule has 3 aromatic heterocycles. The molecule has 0 saturated heterocycles. The zero-order valence-corrected chi connectivity index (χ0v) is 13.7. The van der Waals surface area contributed by atoms with Gasteiger partial charge in [-0.1, -0.05) is 11.2 Å². The van der Waals surface area contributed by atoms with Crippen molar-refractivity contribution in [3.05, 3.63) is 53.1 Å². The Morgan fingerprint density at radius 3 is 2.96 bits per heavy atom. The SMILES string of the molecule is Cc1noc2nc(C3CC3)cc(C(=O)N(C)Cc3cccnc3)c12. The molecule has 122 valence electrons. The van der Waals surface area contributed by atoms with Gasteiger partial charge in [0.05, 0.1) is 16.6 Å². The van der Waals surface area contributed by atoms with Gasteiger partial charge in [-0.15, -0.1) is 0 Å². The second kappa shape index (κ2) is 5.70. The van der Waals surface area contributed by atoms with Crippen molar-refractivity contribution in [2.45, 2.75) is 32.2 Å². The Hall–Kier alpha value is -2.76. The quantitative estimate of drug-likeness (QED) is 0.738. The molecule has 1 amide bonds. The average Bonchev–Trinajstić information content (AvgIpc) is 3.38. The molecule has 1 saturated carbocycles. The van der Waals surface area contributed by atoms with Crippen LogP contribution in [-0.2, 0) is 6.54 Å². The number of amides is 1. The fraction of sp³-hybridized carbons (Fsp3) is 0.333. The first kappa shape index (κ1) is 14.8. The Kier molecular flexibility index (Phi) is 3.52. The van der Waals surface area contributed by atoms with E-state index in [1.54, 1.807) is 24.3 Å². The molecule has 1 fully saturated rings. The van der Waals surface area contributed by atoms with Crippen LogP contribution >= 0.6 is 0 Å². The van der Waals surface area contributed by atoms with Crippen molar-refractivity contribution in [1.82, 2.24) is 20.0 Å². The highest BCUT2D eigenvalue weighted by Gasteiger charge is 2.29. The van der Waals surface area contributed by atoms with Crippen molar-refractivity contribution in [2.24, 2.45) is 0 Å². The smallest absolute Gasteiger partial charge is 0.259 e. The lowest BCUT2D eigenvalue weighted by atomic mass is 10.1. The molecule has 0 unspecified atom stereocenters. The number of hydrogen-bond donors (Lipinski definition) is 0. The molecule has 4 rings (SSSR count). The van der Waals surface area contributed by atoms with Gasteiger partial charge in [0.1, 0.15) is 0 Å². The van der Waals surface area contributed by atoms with E-state index in [2.05, 4.69) is 15.1 Å². The molecule has 0 radical (unpaired) electrons. The van der Waals surface area contributed by atoms with Crippen LogP contribution in [0.4, 0.5) is 0 Å². The number of aryl methyl sites for hydroxylation is 1. The molecule has 0 N–H and O–H groups in total. The molecule has 6 nitrogen and oxygen atoms in total. The van der Waals surface area contributed by atoms with Gasteiger partial charge in [0, 0.05) is 37.6 Å². The van der Waals surface area contributed by atoms with Crippen LogP contribution in [0.15, 0.2) is 35.1 Å². The minimum absolute atomic E-state index is 0.0561. The van der Waals surface area contributed by atoms with E-state index < -0.39 is 0 Å². The molecule has 0 aliphatic heterocycles. The molecule has 24 heavy (non-hydrogen) atoms. The van der Waals surface area contributed by atoms with Crippen LogP contribution in [0, 0.1) is 6.92 Å². The van der Waals surface area contributed by atoms with E-state index >= 15 is 0 Å². The highest BCUT2D eigenvalue weighted by atomic mass is 16.5. The number of fused-ring (bicyclic) bond motifs is 1. The third-order valence-corrected chi connectivity index (χ3v) is 4.35. The predicted molar refractivity (Wildman–Crippen MR) is 88.6 cm³/mol. The monoisotopic (exact) mass is 322 g/mol. The van der Waals surface area contributed by atoms with E-state index in [4.69, 9.17) is 4.52 Å². The number of pyridine rings is 2. The number of rotatable bonds is 4. The van der Waals surface area contributed by atoms with E-state index in [1.807, 2.05) is 25.1 Å². The largest absolute Gasteiger partial charge is 0.337 e. The van der Waals surface area contributed by atoms with Crippen molar-refractivity contribution in [2.75, 3.05) is 7.05 Å². The van der Waals surface area contributed by atoms with Gasteiger partial charge in [-0.25, -0.2) is 4.98 Å². The normalized spacial score (nSPS) is 14.1. The van der Waals surface area contributed by atoms with Crippen LogP contribution in [0.5, 0.6) is 0 Å². The van der Waals surface area contributed by atoms with Gasteiger partial charge in [-0.2, -0.15) is 0 Å². The molecule has 6 heteroatoms. The zero-order valence-electron chi connectivity index (χ0n) is 13.7. The average molecular weight is 322 g/mol. The zero-order chi connectivity index (χ0) is 16.7. The molecule has 3 heterocycles. The summed E-state index contributed by atoms with van der Waals surface area (Å²) in [4.78, 5) is 23.3. The van der Waals surface area contributed by atoms with E-state index in [0.717, 1.165) is 24.1 Å². The van der Waals surface area contributed by atoms with Gasteiger partial charge >= 0.3 is 0 Å². The maximum atomic E-state index is 13.0. The van der Waals surface area contributed by atoms with Crippen LogP contribution in [0.1, 0.15) is 46.1 Å². The van der Waals surface area contributed by atoms with Crippen molar-refractivity contribution in [1.29, 1.82) is 0 Å². The molecule has 1 aliphatic rings. The summed E-state index contributed by atoms with van der Waals surface area (Å²) in [5.41, 5.74) is 3.68. The van der Waals surface area contributed by atoms with E-state index in [0.29, 0.717) is 34.8 Å². The molecule has 0 spiro atoms. The number of hydrogen-bond acceptors (Lipinski definition) is 5. The summed E-state index contributed by atoms with van der Waals surface area (Å²) < 4.78 is 5.31. The van der Waals surface area contributed by atoms with Crippen LogP contribution in [0.3, 0.4) is 0 Å². The molecule has 1 aliphatic carbocycles. The third-order valence-electron chi connectivity index (χ3n) is 4.35. The van der Waals surface area contributed by atoms with Crippen LogP contribution in [-0.4, -0.2) is 33.0 Å². The van der Waals surface area contributed by atoms with Crippen molar-refractivity contribution in [3.63, 3.8) is 0 Å². The Morgan fingerprint density at radius 1 is 1.42 bits per heavy atom. The van der Waals surface area contributed by atoms with Gasteiger partial charge in [0.2, 0.25) is 0 Å². The van der Waals surface area contributed by atoms with Crippen LogP contribution in [0.2, 0.25) is 0 Å². The maximum absolute atomic E-state index is 13.0. The second-order valence-electron chi connectivity index (χ2n) is 6.34. The Bertz CT molecular complexity index is 900. The Labute approximate surface area is 139 Å². The summed E-state index contributed by atoms with van der Waals surface area (Å²) in [6.45, 7) is 2.34. The fourth-order valence-electron chi connectivity index (χ4n) is 2.91. The fourth-order valence-corrected chi connectivity index (χ4v) is 2.91. The topological polar surface area (TPSA) is 72.1 Å². The summed E-state index contributed by atoms with van der Waals surface area (Å²) >= 11 is 0. The summed E-state index contributed by atoms with van der Waals surface area (Å²) in [5.74, 6) is 0.384. The number of nitrogens with zero attached hydrogens (tertiary/aromatic N) is 4. The summed E-state index contributed by atoms with van der Waals surface area (Å²) in [5, 5.41) is 4.70. The van der Waals surface area contributed by atoms with Crippen molar-refractivity contribution < 1.29 is 9.32 Å². The molecule has 0 atom stereocenters. The standard InChI is InChI=1S/C18H18N4O2/c1-11-16-14(8-15(13-5-6-13)20-17(16)24-21-11)18(23)22(2)10-12-4-3-7-19-9-12/h3-4,7-9,13H,5-6,10H2,1-2H3. The molecule has 3 aromatic rings. The lowest BCUT2D eigenvalue weighted by molar-refractivity contribution is 0.0786. The Balaban J connectivity index is 1.71. The first-order chi connectivity index (χ1) is 11.6. The third kappa shape index (κ3) is 2.64. The van der Waals surface area contributed by atoms with Gasteiger partial charge in [0.15, 0.2) is 0 Å². The highest BCUT2D eigenvalue weighted by Crippen LogP contribution is 2.40. The lowest BCUT2D eigenvalue weighted by Crippen LogP contribution is -2.26. The maximum Gasteiger partial charge on any atom is 0.259 e. The van der Waals surface area contributed by atoms with Gasteiger partial charge in [0.25, 0.3) is 11.6 Å². The van der Waals surface area contributed by atoms with E-state index in [-0.39, 0.29) is 5.91 Å². The van der Waals surface area contributed by atoms with Crippen LogP contribution < -0.4 is 0 Å². The summed E-state index contributed by atoms with van der Waals surface area (Å²) in [7, 11) is 1.79. The van der Waals surface area contributed by atoms with E-state index in [1.165, 1.54) is 0 Å².